The maximum Gasteiger partial charge on any atom is 0.229 e. The van der Waals surface area contributed by atoms with E-state index in [4.69, 9.17) is 0 Å². The van der Waals surface area contributed by atoms with Crippen LogP contribution in [-0.2, 0) is 0 Å². The average molecular weight is 314 g/mol. The number of hydrogen-bond donors (Lipinski definition) is 1. The Morgan fingerprint density at radius 3 is 2.96 bits per heavy atom. The van der Waals surface area contributed by atoms with Crippen LogP contribution in [0.25, 0.3) is 5.69 Å². The molecule has 24 heavy (non-hydrogen) atoms. The van der Waals surface area contributed by atoms with Crippen molar-refractivity contribution in [3.8, 4) is 5.69 Å². The van der Waals surface area contributed by atoms with Crippen LogP contribution in [0.2, 0.25) is 0 Å². The fourth-order valence-corrected chi connectivity index (χ4v) is 2.34. The Morgan fingerprint density at radius 2 is 2.12 bits per heavy atom. The van der Waals surface area contributed by atoms with Crippen molar-refractivity contribution in [3.05, 3.63) is 85.5 Å². The van der Waals surface area contributed by atoms with Gasteiger partial charge in [-0.2, -0.15) is 4.98 Å². The number of imidazole rings is 1. The first-order valence-corrected chi connectivity index (χ1v) is 7.45. The van der Waals surface area contributed by atoms with Crippen molar-refractivity contribution < 1.29 is 0 Å². The second kappa shape index (κ2) is 6.24. The van der Waals surface area contributed by atoms with Gasteiger partial charge in [0.25, 0.3) is 0 Å². The second-order valence-electron chi connectivity index (χ2n) is 5.09. The van der Waals surface area contributed by atoms with E-state index in [-0.39, 0.29) is 0 Å². The molecule has 1 aromatic carbocycles. The molecule has 6 heteroatoms. The lowest BCUT2D eigenvalue weighted by Gasteiger charge is -2.15. The zero-order valence-corrected chi connectivity index (χ0v) is 12.7. The molecule has 116 valence electrons. The third-order valence-electron chi connectivity index (χ3n) is 3.46. The van der Waals surface area contributed by atoms with E-state index in [2.05, 4.69) is 26.0 Å². The van der Waals surface area contributed by atoms with Crippen molar-refractivity contribution in [3.63, 3.8) is 0 Å². The molecule has 3 heterocycles. The molecule has 2 aromatic heterocycles. The van der Waals surface area contributed by atoms with Gasteiger partial charge in [-0.25, -0.2) is 9.97 Å². The summed E-state index contributed by atoms with van der Waals surface area (Å²) in [5.41, 5.74) is 4.95. The average Bonchev–Trinajstić information content (AvgIpc) is 3.18. The van der Waals surface area contributed by atoms with Gasteiger partial charge in [0, 0.05) is 36.2 Å². The van der Waals surface area contributed by atoms with Crippen molar-refractivity contribution >= 4 is 17.5 Å². The van der Waals surface area contributed by atoms with E-state index in [1.54, 1.807) is 18.7 Å². The van der Waals surface area contributed by atoms with Crippen LogP contribution in [0, 0.1) is 0 Å². The summed E-state index contributed by atoms with van der Waals surface area (Å²) in [5, 5.41) is 3.24. The van der Waals surface area contributed by atoms with E-state index in [9.17, 15) is 0 Å². The fraction of sp³-hybridized carbons (Fsp3) is 0. The van der Waals surface area contributed by atoms with Gasteiger partial charge in [-0.15, -0.1) is 5.73 Å². The predicted octanol–water partition coefficient (Wildman–Crippen LogP) is 3.41. The lowest BCUT2D eigenvalue weighted by Crippen LogP contribution is -2.10. The number of aromatic nitrogens is 4. The minimum Gasteiger partial charge on any atom is -0.324 e. The molecule has 1 N–H and O–H groups in total. The Bertz CT molecular complexity index is 936. The summed E-state index contributed by atoms with van der Waals surface area (Å²) < 4.78 is 1.94. The van der Waals surface area contributed by atoms with Gasteiger partial charge in [-0.1, -0.05) is 6.07 Å². The van der Waals surface area contributed by atoms with Crippen LogP contribution in [0.1, 0.15) is 0 Å². The molecule has 3 aromatic rings. The monoisotopic (exact) mass is 314 g/mol. The predicted molar refractivity (Wildman–Crippen MR) is 93.2 cm³/mol. The Hall–Kier alpha value is -3.63. The summed E-state index contributed by atoms with van der Waals surface area (Å²) in [4.78, 5) is 14.8. The van der Waals surface area contributed by atoms with E-state index in [1.807, 2.05) is 70.5 Å². The quantitative estimate of drug-likeness (QED) is 0.748. The number of allylic oxidation sites excluding steroid dienone is 2. The van der Waals surface area contributed by atoms with Gasteiger partial charge in [0.2, 0.25) is 5.95 Å². The summed E-state index contributed by atoms with van der Waals surface area (Å²) in [6.07, 6.45) is 14.6. The largest absolute Gasteiger partial charge is 0.324 e. The Labute approximate surface area is 139 Å². The third kappa shape index (κ3) is 2.95. The van der Waals surface area contributed by atoms with Crippen molar-refractivity contribution in [1.29, 1.82) is 0 Å². The number of nitrogens with one attached hydrogen (secondary N) is 1. The van der Waals surface area contributed by atoms with Gasteiger partial charge in [0.1, 0.15) is 5.82 Å². The fourth-order valence-electron chi connectivity index (χ4n) is 2.34. The lowest BCUT2D eigenvalue weighted by atomic mass is 10.3. The number of hydrogen-bond acceptors (Lipinski definition) is 5. The molecular formula is C18H14N6. The van der Waals surface area contributed by atoms with Gasteiger partial charge in [-0.3, -0.25) is 0 Å². The molecule has 4 rings (SSSR count). The van der Waals surface area contributed by atoms with E-state index >= 15 is 0 Å². The smallest absolute Gasteiger partial charge is 0.229 e. The second-order valence-corrected chi connectivity index (χ2v) is 5.09. The van der Waals surface area contributed by atoms with Gasteiger partial charge in [-0.05, 0) is 36.4 Å². The van der Waals surface area contributed by atoms with Crippen LogP contribution < -0.4 is 10.2 Å². The molecule has 0 unspecified atom stereocenters. The van der Waals surface area contributed by atoms with E-state index in [0.29, 0.717) is 5.95 Å². The number of nitrogens with zero attached hydrogens (tertiary/aromatic N) is 5. The molecule has 6 nitrogen and oxygen atoms in total. The summed E-state index contributed by atoms with van der Waals surface area (Å²) >= 11 is 0. The van der Waals surface area contributed by atoms with Gasteiger partial charge in [0.15, 0.2) is 0 Å². The van der Waals surface area contributed by atoms with E-state index in [1.165, 1.54) is 0 Å². The molecule has 0 bridgehead atoms. The molecule has 0 saturated carbocycles. The van der Waals surface area contributed by atoms with Crippen molar-refractivity contribution in [2.45, 2.75) is 0 Å². The molecule has 1 aliphatic heterocycles. The Balaban J connectivity index is 1.59. The summed E-state index contributed by atoms with van der Waals surface area (Å²) in [6, 6.07) is 9.82. The standard InChI is InChI=1S/C18H14N6/c1-2-10-23(11-3-1)17-7-8-20-18(22-17)21-15-5-4-6-16(13-15)24-12-9-19-14-24/h1-2,4-14H,(H,20,21,22). The molecule has 0 aliphatic carbocycles. The zero-order valence-electron chi connectivity index (χ0n) is 12.7. The van der Waals surface area contributed by atoms with Crippen LogP contribution in [0.15, 0.2) is 85.5 Å². The van der Waals surface area contributed by atoms with Crippen LogP contribution in [0.3, 0.4) is 0 Å². The number of benzene rings is 1. The first-order valence-electron chi connectivity index (χ1n) is 7.45. The molecular weight excluding hydrogens is 300 g/mol. The van der Waals surface area contributed by atoms with Gasteiger partial charge in [0.05, 0.1) is 12.5 Å². The summed E-state index contributed by atoms with van der Waals surface area (Å²) in [6.45, 7) is 0. The molecule has 0 fully saturated rings. The first kappa shape index (κ1) is 14.0. The minimum absolute atomic E-state index is 0.534. The highest BCUT2D eigenvalue weighted by Gasteiger charge is 2.06. The molecule has 0 spiro atoms. The lowest BCUT2D eigenvalue weighted by molar-refractivity contribution is 1.06. The Kier molecular flexibility index (Phi) is 3.64. The van der Waals surface area contributed by atoms with Crippen LogP contribution in [0.5, 0.6) is 0 Å². The van der Waals surface area contributed by atoms with E-state index < -0.39 is 0 Å². The van der Waals surface area contributed by atoms with Crippen molar-refractivity contribution in [2.24, 2.45) is 0 Å². The van der Waals surface area contributed by atoms with E-state index in [0.717, 1.165) is 17.2 Å². The van der Waals surface area contributed by atoms with Crippen LogP contribution >= 0.6 is 0 Å². The van der Waals surface area contributed by atoms with Crippen molar-refractivity contribution in [1.82, 2.24) is 19.5 Å². The number of rotatable bonds is 4. The third-order valence-corrected chi connectivity index (χ3v) is 3.46. The molecule has 0 radical (unpaired) electrons. The van der Waals surface area contributed by atoms with Crippen LogP contribution in [0.4, 0.5) is 17.5 Å². The number of anilines is 3. The van der Waals surface area contributed by atoms with Crippen molar-refractivity contribution in [2.75, 3.05) is 10.2 Å². The SMILES string of the molecule is C1=CC=CN(c2ccnc(Nc3cccc(-n4ccnc4)c3)n2)C=1. The highest BCUT2D eigenvalue weighted by molar-refractivity contribution is 5.59. The highest BCUT2D eigenvalue weighted by Crippen LogP contribution is 2.20. The molecule has 1 aliphatic rings. The minimum atomic E-state index is 0.534. The normalized spacial score (nSPS) is 12.6. The molecule has 0 amide bonds. The zero-order chi connectivity index (χ0) is 16.2. The van der Waals surface area contributed by atoms with Crippen LogP contribution in [-0.4, -0.2) is 19.5 Å². The maximum atomic E-state index is 4.53. The topological polar surface area (TPSA) is 58.9 Å². The summed E-state index contributed by atoms with van der Waals surface area (Å²) in [7, 11) is 0. The Morgan fingerprint density at radius 1 is 1.12 bits per heavy atom. The van der Waals surface area contributed by atoms with Gasteiger partial charge >= 0.3 is 0 Å². The first-order chi connectivity index (χ1) is 11.9. The molecule has 0 atom stereocenters. The highest BCUT2D eigenvalue weighted by atomic mass is 15.2. The van der Waals surface area contributed by atoms with Gasteiger partial charge < -0.3 is 14.8 Å². The summed E-state index contributed by atoms with van der Waals surface area (Å²) in [5.74, 6) is 1.31. The maximum absolute atomic E-state index is 4.53. The molecule has 0 saturated heterocycles.